The van der Waals surface area contributed by atoms with Crippen LogP contribution in [0.25, 0.3) is 16.6 Å². The van der Waals surface area contributed by atoms with Crippen molar-refractivity contribution in [3.63, 3.8) is 0 Å². The van der Waals surface area contributed by atoms with E-state index in [9.17, 15) is 9.59 Å². The first-order valence-corrected chi connectivity index (χ1v) is 9.51. The molecule has 0 saturated heterocycles. The normalized spacial score (nSPS) is 11.5. The van der Waals surface area contributed by atoms with E-state index >= 15 is 0 Å². The van der Waals surface area contributed by atoms with Crippen molar-refractivity contribution in [2.75, 3.05) is 0 Å². The van der Waals surface area contributed by atoms with Crippen LogP contribution in [0.1, 0.15) is 52.5 Å². The van der Waals surface area contributed by atoms with Gasteiger partial charge in [-0.3, -0.25) is 0 Å². The first-order chi connectivity index (χ1) is 13.8. The molecule has 1 aromatic carbocycles. The topological polar surface area (TPSA) is 73.8 Å². The van der Waals surface area contributed by atoms with E-state index < -0.39 is 11.6 Å². The number of esters is 1. The van der Waals surface area contributed by atoms with Crippen LogP contribution in [-0.2, 0) is 11.3 Å². The van der Waals surface area contributed by atoms with E-state index in [1.165, 1.54) is 6.07 Å². The molecule has 3 heterocycles. The molecule has 0 fully saturated rings. The van der Waals surface area contributed by atoms with Gasteiger partial charge in [-0.1, -0.05) is 13.8 Å². The highest BCUT2D eigenvalue weighted by atomic mass is 16.5. The lowest BCUT2D eigenvalue weighted by atomic mass is 9.95. The largest absolute Gasteiger partial charge is 0.456 e. The summed E-state index contributed by atoms with van der Waals surface area (Å²) in [5, 5.41) is 0.775. The van der Waals surface area contributed by atoms with Crippen LogP contribution < -0.4 is 5.63 Å². The van der Waals surface area contributed by atoms with Gasteiger partial charge in [0.25, 0.3) is 0 Å². The molecule has 4 aromatic rings. The number of pyridine rings is 1. The van der Waals surface area contributed by atoms with E-state index in [4.69, 9.17) is 9.15 Å². The van der Waals surface area contributed by atoms with Crippen molar-refractivity contribution < 1.29 is 13.9 Å². The maximum Gasteiger partial charge on any atom is 0.358 e. The van der Waals surface area contributed by atoms with E-state index in [0.717, 1.165) is 22.1 Å². The van der Waals surface area contributed by atoms with E-state index in [2.05, 4.69) is 18.8 Å². The maximum absolute atomic E-state index is 12.5. The molecular formula is C23H22N2O4. The Balaban J connectivity index is 1.65. The highest BCUT2D eigenvalue weighted by Crippen LogP contribution is 2.27. The average Bonchev–Trinajstić information content (AvgIpc) is 3.08. The summed E-state index contributed by atoms with van der Waals surface area (Å²) >= 11 is 0. The maximum atomic E-state index is 12.5. The van der Waals surface area contributed by atoms with Crippen molar-refractivity contribution in [2.45, 2.75) is 40.2 Å². The molecule has 0 spiro atoms. The number of rotatable bonds is 4. The van der Waals surface area contributed by atoms with Gasteiger partial charge in [-0.05, 0) is 60.7 Å². The van der Waals surface area contributed by atoms with Gasteiger partial charge in [0.05, 0.1) is 0 Å². The number of aryl methyl sites for hydroxylation is 2. The summed E-state index contributed by atoms with van der Waals surface area (Å²) in [4.78, 5) is 28.8. The molecule has 0 bridgehead atoms. The van der Waals surface area contributed by atoms with Crippen LogP contribution in [0.5, 0.6) is 0 Å². The molecular weight excluding hydrogens is 368 g/mol. The lowest BCUT2D eigenvalue weighted by Gasteiger charge is -2.13. The molecule has 0 aliphatic carbocycles. The summed E-state index contributed by atoms with van der Waals surface area (Å²) in [6.45, 7) is 8.14. The van der Waals surface area contributed by atoms with Gasteiger partial charge in [-0.25, -0.2) is 14.6 Å². The number of imidazole rings is 1. The molecule has 0 amide bonds. The Hall–Kier alpha value is -3.41. The van der Waals surface area contributed by atoms with E-state index in [1.54, 1.807) is 10.6 Å². The zero-order chi connectivity index (χ0) is 20.7. The third-order valence-corrected chi connectivity index (χ3v) is 5.02. The minimum atomic E-state index is -0.538. The Morgan fingerprint density at radius 1 is 1.21 bits per heavy atom. The van der Waals surface area contributed by atoms with Gasteiger partial charge < -0.3 is 13.6 Å². The predicted molar refractivity (Wildman–Crippen MR) is 110 cm³/mol. The number of carbonyl (C=O) groups excluding carboxylic acids is 1. The minimum Gasteiger partial charge on any atom is -0.456 e. The van der Waals surface area contributed by atoms with Crippen molar-refractivity contribution in [2.24, 2.45) is 0 Å². The first-order valence-electron chi connectivity index (χ1n) is 9.51. The average molecular weight is 390 g/mol. The molecule has 0 saturated carbocycles. The molecule has 4 rings (SSSR count). The van der Waals surface area contributed by atoms with Crippen LogP contribution in [0, 0.1) is 13.8 Å². The molecule has 0 aliphatic rings. The van der Waals surface area contributed by atoms with Crippen LogP contribution in [0.4, 0.5) is 0 Å². The van der Waals surface area contributed by atoms with Crippen LogP contribution >= 0.6 is 0 Å². The highest BCUT2D eigenvalue weighted by molar-refractivity contribution is 5.88. The Kier molecular flexibility index (Phi) is 4.70. The SMILES string of the molecule is Cc1ccn2cc(C(=O)OCc3cc(=O)oc4cc(C)c(C(C)C)cc34)nc2c1. The number of aromatic nitrogens is 2. The molecule has 0 unspecified atom stereocenters. The van der Waals surface area contributed by atoms with Crippen LogP contribution in [0.15, 0.2) is 51.9 Å². The Morgan fingerprint density at radius 2 is 2.00 bits per heavy atom. The van der Waals surface area contributed by atoms with E-state index in [0.29, 0.717) is 22.7 Å². The van der Waals surface area contributed by atoms with Crippen LogP contribution in [0.2, 0.25) is 0 Å². The lowest BCUT2D eigenvalue weighted by Crippen LogP contribution is -2.08. The molecule has 29 heavy (non-hydrogen) atoms. The lowest BCUT2D eigenvalue weighted by molar-refractivity contribution is 0.0467. The zero-order valence-corrected chi connectivity index (χ0v) is 16.9. The third kappa shape index (κ3) is 3.66. The Bertz CT molecular complexity index is 1300. The van der Waals surface area contributed by atoms with Gasteiger partial charge in [0.2, 0.25) is 0 Å². The standard InChI is InChI=1S/C23H22N2O4/c1-13(2)17-10-18-16(9-22(26)29-20(18)8-15(17)4)12-28-23(27)19-11-25-6-5-14(3)7-21(25)24-19/h5-11,13H,12H2,1-4H3. The van der Waals surface area contributed by atoms with Gasteiger partial charge in [0.15, 0.2) is 5.69 Å². The van der Waals surface area contributed by atoms with Crippen molar-refractivity contribution in [1.29, 1.82) is 0 Å². The number of nitrogens with zero attached hydrogens (tertiary/aromatic N) is 2. The van der Waals surface area contributed by atoms with Gasteiger partial charge in [0, 0.05) is 29.4 Å². The van der Waals surface area contributed by atoms with E-state index in [1.807, 2.05) is 44.3 Å². The molecule has 0 aliphatic heterocycles. The number of hydrogen-bond acceptors (Lipinski definition) is 5. The number of fused-ring (bicyclic) bond motifs is 2. The van der Waals surface area contributed by atoms with Crippen molar-refractivity contribution in [1.82, 2.24) is 9.38 Å². The fourth-order valence-corrected chi connectivity index (χ4v) is 3.53. The summed E-state index contributed by atoms with van der Waals surface area (Å²) < 4.78 is 12.6. The second-order valence-electron chi connectivity index (χ2n) is 7.62. The van der Waals surface area contributed by atoms with Crippen LogP contribution in [0.3, 0.4) is 0 Å². The molecule has 3 aromatic heterocycles. The molecule has 6 heteroatoms. The van der Waals surface area contributed by atoms with Crippen molar-refractivity contribution in [3.8, 4) is 0 Å². The van der Waals surface area contributed by atoms with Gasteiger partial charge >= 0.3 is 11.6 Å². The molecule has 148 valence electrons. The number of carbonyl (C=O) groups is 1. The smallest absolute Gasteiger partial charge is 0.358 e. The highest BCUT2D eigenvalue weighted by Gasteiger charge is 2.16. The minimum absolute atomic E-state index is 0.0333. The fraction of sp³-hybridized carbons (Fsp3) is 0.261. The summed E-state index contributed by atoms with van der Waals surface area (Å²) in [7, 11) is 0. The number of benzene rings is 1. The quantitative estimate of drug-likeness (QED) is 0.378. The Labute approximate surface area is 167 Å². The van der Waals surface area contributed by atoms with E-state index in [-0.39, 0.29) is 12.3 Å². The second kappa shape index (κ2) is 7.20. The zero-order valence-electron chi connectivity index (χ0n) is 16.9. The van der Waals surface area contributed by atoms with Gasteiger partial charge in [-0.2, -0.15) is 0 Å². The van der Waals surface area contributed by atoms with Gasteiger partial charge in [-0.15, -0.1) is 0 Å². The summed E-state index contributed by atoms with van der Waals surface area (Å²) in [5.74, 6) is -0.216. The molecule has 6 nitrogen and oxygen atoms in total. The fourth-order valence-electron chi connectivity index (χ4n) is 3.53. The number of hydrogen-bond donors (Lipinski definition) is 0. The second-order valence-corrected chi connectivity index (χ2v) is 7.62. The van der Waals surface area contributed by atoms with Crippen molar-refractivity contribution >= 4 is 22.6 Å². The first kappa shape index (κ1) is 18.9. The molecule has 0 N–H and O–H groups in total. The number of ether oxygens (including phenoxy) is 1. The third-order valence-electron chi connectivity index (χ3n) is 5.02. The van der Waals surface area contributed by atoms with Crippen LogP contribution in [-0.4, -0.2) is 15.4 Å². The predicted octanol–water partition coefficient (Wildman–Crippen LogP) is 4.54. The van der Waals surface area contributed by atoms with Gasteiger partial charge in [0.1, 0.15) is 17.8 Å². The van der Waals surface area contributed by atoms with Crippen molar-refractivity contribution in [3.05, 3.63) is 81.1 Å². The summed E-state index contributed by atoms with van der Waals surface area (Å²) in [6.07, 6.45) is 3.48. The summed E-state index contributed by atoms with van der Waals surface area (Å²) in [6, 6.07) is 9.08. The molecule has 0 radical (unpaired) electrons. The molecule has 0 atom stereocenters. The summed E-state index contributed by atoms with van der Waals surface area (Å²) in [5.41, 5.74) is 4.82. The monoisotopic (exact) mass is 390 g/mol. The Morgan fingerprint density at radius 3 is 2.76 bits per heavy atom.